The zero-order valence-corrected chi connectivity index (χ0v) is 29.1. The van der Waals surface area contributed by atoms with Crippen LogP contribution in [0.5, 0.6) is 5.75 Å². The molecule has 19 nitrogen and oxygen atoms in total. The van der Waals surface area contributed by atoms with Gasteiger partial charge in [-0.3, -0.25) is 19.6 Å². The number of fused-ring (bicyclic) bond motifs is 1. The monoisotopic (exact) mass is 738 g/mol. The Labute approximate surface area is 290 Å². The molecular weight excluding hydrogens is 700 g/mol. The topological polar surface area (TPSA) is 291 Å². The zero-order valence-electron chi connectivity index (χ0n) is 27.5. The minimum absolute atomic E-state index is 0.0484. The molecule has 50 heavy (non-hydrogen) atoms. The van der Waals surface area contributed by atoms with Crippen LogP contribution in [0.25, 0.3) is 0 Å². The van der Waals surface area contributed by atoms with E-state index < -0.39 is 57.2 Å². The van der Waals surface area contributed by atoms with Crippen molar-refractivity contribution in [3.63, 3.8) is 0 Å². The predicted octanol–water partition coefficient (Wildman–Crippen LogP) is 0.0742. The van der Waals surface area contributed by atoms with Gasteiger partial charge in [-0.25, -0.2) is 9.78 Å². The van der Waals surface area contributed by atoms with Crippen LogP contribution < -0.4 is 26.8 Å². The van der Waals surface area contributed by atoms with Gasteiger partial charge in [-0.1, -0.05) is 5.16 Å². The molecule has 21 heteroatoms. The molecule has 1 saturated carbocycles. The third-order valence-electron chi connectivity index (χ3n) is 8.86. The molecule has 3 aliphatic rings. The second-order valence-electron chi connectivity index (χ2n) is 12.8. The SMILES string of the molecule is COCc1c(C(=N)NC2CC(N)C2)ccc2c1CCC(C(C)(ON=C(C(=O)NC1C(=O)N(OS(=O)(=O)O)C1(C)C)c1csc(N)n1)C(=O)O)O2. The summed E-state index contributed by atoms with van der Waals surface area (Å²) in [6, 6.07) is 2.19. The number of carboxylic acid groups (broad SMARTS) is 1. The third-order valence-corrected chi connectivity index (χ3v) is 9.87. The van der Waals surface area contributed by atoms with Crippen LogP contribution in [0.3, 0.4) is 0 Å². The first-order valence-corrected chi connectivity index (χ1v) is 17.5. The number of β-lactam (4-membered cyclic amide) rings is 1. The van der Waals surface area contributed by atoms with Crippen LogP contribution in [0.15, 0.2) is 22.7 Å². The number of nitrogens with one attached hydrogen (secondary N) is 3. The maximum atomic E-state index is 13.5. The van der Waals surface area contributed by atoms with Gasteiger partial charge in [0.25, 0.3) is 17.4 Å². The van der Waals surface area contributed by atoms with E-state index in [2.05, 4.69) is 25.1 Å². The van der Waals surface area contributed by atoms with Crippen molar-refractivity contribution in [2.75, 3.05) is 12.8 Å². The fourth-order valence-corrected chi connectivity index (χ4v) is 6.93. The number of amidine groups is 1. The van der Waals surface area contributed by atoms with Crippen LogP contribution in [-0.2, 0) is 51.7 Å². The number of ether oxygens (including phenoxy) is 2. The van der Waals surface area contributed by atoms with E-state index in [0.29, 0.717) is 22.8 Å². The summed E-state index contributed by atoms with van der Waals surface area (Å²) in [6.07, 6.45) is 0.877. The molecule has 3 heterocycles. The Morgan fingerprint density at radius 2 is 2.00 bits per heavy atom. The largest absolute Gasteiger partial charge is 0.485 e. The Kier molecular flexibility index (Phi) is 10.1. The highest BCUT2D eigenvalue weighted by molar-refractivity contribution is 7.80. The maximum absolute atomic E-state index is 13.5. The van der Waals surface area contributed by atoms with Gasteiger partial charge in [0.1, 0.15) is 23.3 Å². The standard InChI is InChI=1S/C29H38N8O11S2/c1-28(2)22(25(39)37(28)48-50(42,43)44)35-24(38)21(18-12-49-27(32)34-18)36-47-29(3,26(40)41)20-8-6-15-17(11-45-4)16(5-7-19(15)46-20)23(31)33-14-9-13(30)10-14/h5,7,12-14,20,22H,6,8-11,30H2,1-4H3,(H2,31,33)(H2,32,34)(H,35,38)(H,40,41)(H,42,43,44). The molecule has 2 aliphatic heterocycles. The molecule has 1 aliphatic carbocycles. The number of benzene rings is 1. The van der Waals surface area contributed by atoms with Crippen LogP contribution in [-0.4, -0.2) is 99.9 Å². The number of amides is 2. The molecular formula is C29H38N8O11S2. The van der Waals surface area contributed by atoms with Gasteiger partial charge >= 0.3 is 16.4 Å². The van der Waals surface area contributed by atoms with E-state index in [1.54, 1.807) is 12.1 Å². The Balaban J connectivity index is 1.38. The highest BCUT2D eigenvalue weighted by Crippen LogP contribution is 2.38. The molecule has 3 unspecified atom stereocenters. The second-order valence-corrected chi connectivity index (χ2v) is 14.7. The Morgan fingerprint density at radius 3 is 2.56 bits per heavy atom. The summed E-state index contributed by atoms with van der Waals surface area (Å²) in [5, 5.41) is 30.3. The molecule has 2 fully saturated rings. The fourth-order valence-electron chi connectivity index (χ4n) is 5.93. The number of rotatable bonds is 13. The smallest absolute Gasteiger partial charge is 0.418 e. The van der Waals surface area contributed by atoms with Crippen molar-refractivity contribution in [2.45, 2.75) is 88.4 Å². The van der Waals surface area contributed by atoms with Gasteiger partial charge in [0.15, 0.2) is 16.9 Å². The summed E-state index contributed by atoms with van der Waals surface area (Å²) < 4.78 is 47.3. The van der Waals surface area contributed by atoms with E-state index in [1.807, 2.05) is 0 Å². The molecule has 1 aromatic carbocycles. The molecule has 272 valence electrons. The number of thiazole rings is 1. The minimum Gasteiger partial charge on any atom is -0.485 e. The first kappa shape index (κ1) is 36.9. The molecule has 2 amide bonds. The summed E-state index contributed by atoms with van der Waals surface area (Å²) in [7, 11) is -3.51. The zero-order chi connectivity index (χ0) is 36.8. The van der Waals surface area contributed by atoms with Crippen molar-refractivity contribution >= 4 is 56.2 Å². The van der Waals surface area contributed by atoms with Crippen LogP contribution in [0.4, 0.5) is 5.13 Å². The average molecular weight is 739 g/mol. The van der Waals surface area contributed by atoms with Crippen LogP contribution in [0, 0.1) is 5.41 Å². The van der Waals surface area contributed by atoms with Gasteiger partial charge in [0, 0.05) is 35.7 Å². The number of aromatic nitrogens is 1. The van der Waals surface area contributed by atoms with Crippen LogP contribution in [0.2, 0.25) is 0 Å². The molecule has 0 spiro atoms. The van der Waals surface area contributed by atoms with Crippen molar-refractivity contribution in [2.24, 2.45) is 10.9 Å². The third kappa shape index (κ3) is 7.23. The lowest BCUT2D eigenvalue weighted by atomic mass is 9.84. The highest BCUT2D eigenvalue weighted by Gasteiger charge is 2.58. The van der Waals surface area contributed by atoms with E-state index in [-0.39, 0.29) is 41.8 Å². The van der Waals surface area contributed by atoms with Crippen molar-refractivity contribution in [1.29, 1.82) is 5.41 Å². The van der Waals surface area contributed by atoms with Crippen molar-refractivity contribution in [1.82, 2.24) is 20.7 Å². The minimum atomic E-state index is -5.04. The van der Waals surface area contributed by atoms with E-state index >= 15 is 0 Å². The molecule has 0 bridgehead atoms. The number of nitrogen functional groups attached to an aromatic ring is 1. The summed E-state index contributed by atoms with van der Waals surface area (Å²) in [4.78, 5) is 48.5. The number of aliphatic carboxylic acids is 1. The number of hydrogen-bond donors (Lipinski definition) is 7. The second kappa shape index (κ2) is 13.7. The van der Waals surface area contributed by atoms with Gasteiger partial charge in [0.2, 0.25) is 0 Å². The summed E-state index contributed by atoms with van der Waals surface area (Å²) in [5.41, 5.74) is 9.50. The number of methoxy groups -OCH3 is 1. The molecule has 5 rings (SSSR count). The number of carbonyl (C=O) groups excluding carboxylic acids is 2. The average Bonchev–Trinajstić information content (AvgIpc) is 3.46. The number of carbonyl (C=O) groups is 3. The normalized spacial score (nSPS) is 24.1. The van der Waals surface area contributed by atoms with Gasteiger partial charge in [0.05, 0.1) is 12.1 Å². The Bertz CT molecular complexity index is 1840. The van der Waals surface area contributed by atoms with Crippen LogP contribution >= 0.6 is 11.3 Å². The molecule has 9 N–H and O–H groups in total. The number of anilines is 1. The molecule has 1 aromatic heterocycles. The van der Waals surface area contributed by atoms with Crippen molar-refractivity contribution in [3.05, 3.63) is 39.9 Å². The number of nitrogens with zero attached hydrogens (tertiary/aromatic N) is 3. The molecule has 1 saturated heterocycles. The number of nitrogens with two attached hydrogens (primary N) is 2. The fraction of sp³-hybridized carbons (Fsp3) is 0.517. The quantitative estimate of drug-likeness (QED) is 0.0471. The lowest BCUT2D eigenvalue weighted by molar-refractivity contribution is -0.218. The van der Waals surface area contributed by atoms with Crippen molar-refractivity contribution in [3.8, 4) is 5.75 Å². The number of hydroxylamine groups is 2. The predicted molar refractivity (Wildman–Crippen MR) is 177 cm³/mol. The highest BCUT2D eigenvalue weighted by atomic mass is 32.3. The van der Waals surface area contributed by atoms with Gasteiger partial charge in [-0.05, 0) is 64.2 Å². The van der Waals surface area contributed by atoms with E-state index in [4.69, 9.17) is 35.7 Å². The van der Waals surface area contributed by atoms with E-state index in [9.17, 15) is 27.9 Å². The Morgan fingerprint density at radius 1 is 1.30 bits per heavy atom. The number of hydrogen-bond acceptors (Lipinski definition) is 15. The van der Waals surface area contributed by atoms with E-state index in [1.165, 1.54) is 33.3 Å². The maximum Gasteiger partial charge on any atom is 0.418 e. The molecule has 2 aromatic rings. The number of oxime groups is 1. The Hall–Kier alpha value is -4.41. The first-order chi connectivity index (χ1) is 23.4. The summed E-state index contributed by atoms with van der Waals surface area (Å²) in [5.74, 6) is -2.92. The van der Waals surface area contributed by atoms with E-state index in [0.717, 1.165) is 35.3 Å². The summed E-state index contributed by atoms with van der Waals surface area (Å²) >= 11 is 0.956. The first-order valence-electron chi connectivity index (χ1n) is 15.3. The van der Waals surface area contributed by atoms with Crippen LogP contribution in [0.1, 0.15) is 62.4 Å². The number of carboxylic acids is 1. The lowest BCUT2D eigenvalue weighted by Gasteiger charge is -2.50. The summed E-state index contributed by atoms with van der Waals surface area (Å²) in [6.45, 7) is 4.13. The van der Waals surface area contributed by atoms with Gasteiger partial charge in [-0.2, -0.15) is 13.5 Å². The molecule has 0 radical (unpaired) electrons. The lowest BCUT2D eigenvalue weighted by Crippen LogP contribution is -2.76. The molecule has 3 atom stereocenters. The van der Waals surface area contributed by atoms with Gasteiger partial charge < -0.3 is 41.5 Å². The van der Waals surface area contributed by atoms with Crippen molar-refractivity contribution < 1.29 is 51.1 Å². The van der Waals surface area contributed by atoms with Gasteiger partial charge in [-0.15, -0.1) is 15.6 Å².